The summed E-state index contributed by atoms with van der Waals surface area (Å²) in [7, 11) is 4.19. The van der Waals surface area contributed by atoms with E-state index in [4.69, 9.17) is 126 Å². The molecule has 0 aliphatic carbocycles. The molecule has 420 valence electrons. The van der Waals surface area contributed by atoms with E-state index in [2.05, 4.69) is 88.6 Å². The zero-order valence-corrected chi connectivity index (χ0v) is 50.6. The number of rotatable bonds is 13. The monoisotopic (exact) mass is 1290 g/mol. The first kappa shape index (κ1) is 68.3. The first-order chi connectivity index (χ1) is 35.1. The predicted octanol–water partition coefficient (Wildman–Crippen LogP) is 10.8. The van der Waals surface area contributed by atoms with Crippen LogP contribution in [0.25, 0.3) is 10.9 Å². The van der Waals surface area contributed by atoms with E-state index in [0.29, 0.717) is 43.8 Å². The fourth-order valence-corrected chi connectivity index (χ4v) is 7.32. The molecule has 0 unspecified atom stereocenters. The van der Waals surface area contributed by atoms with Crippen LogP contribution in [0, 0.1) is 20.8 Å². The van der Waals surface area contributed by atoms with Crippen molar-refractivity contribution in [1.29, 1.82) is 0 Å². The number of likely N-dealkylation sites (tertiary alicyclic amines) is 1. The highest BCUT2D eigenvalue weighted by Crippen LogP contribution is 2.32. The van der Waals surface area contributed by atoms with Gasteiger partial charge in [0.1, 0.15) is 25.6 Å². The van der Waals surface area contributed by atoms with E-state index < -0.39 is 29.7 Å². The number of carbonyl (C=O) groups excluding carboxylic acids is 4. The zero-order chi connectivity index (χ0) is 56.4. The second kappa shape index (κ2) is 35.0. The van der Waals surface area contributed by atoms with Crippen LogP contribution in [-0.2, 0) is 38.5 Å². The van der Waals surface area contributed by atoms with Crippen LogP contribution in [0.15, 0.2) is 66.7 Å². The molecule has 0 bridgehead atoms. The van der Waals surface area contributed by atoms with Gasteiger partial charge in [0.15, 0.2) is 0 Å². The molecular formula is C48H66BrCl9N10O7. The van der Waals surface area contributed by atoms with Crippen molar-refractivity contribution < 1.29 is 33.4 Å². The molecule has 6 rings (SSSR count). The normalized spacial score (nSPS) is 13.6. The summed E-state index contributed by atoms with van der Waals surface area (Å²) < 4.78 is 11.7. The lowest BCUT2D eigenvalue weighted by atomic mass is 10.0. The number of aryl methyl sites for hydroxylation is 3. The number of Topliss-reactive ketones (excluding diaryl/α,β-unsaturated/α-hetero) is 1. The number of hydrazine groups is 2. The Kier molecular flexibility index (Phi) is 31.8. The summed E-state index contributed by atoms with van der Waals surface area (Å²) in [6, 6.07) is 22.1. The maximum atomic E-state index is 11.7. The molecule has 1 aromatic heterocycles. The minimum absolute atomic E-state index is 0.258. The molecule has 4 aromatic rings. The van der Waals surface area contributed by atoms with Crippen LogP contribution < -0.4 is 38.1 Å². The first-order valence-corrected chi connectivity index (χ1v) is 27.7. The number of nitrogen functional groups attached to an aromatic ring is 1. The second-order valence-electron chi connectivity index (χ2n) is 17.0. The highest BCUT2D eigenvalue weighted by atomic mass is 79.9. The third kappa shape index (κ3) is 30.8. The summed E-state index contributed by atoms with van der Waals surface area (Å²) >= 11 is 52.2. The quantitative estimate of drug-likeness (QED) is 0.0319. The van der Waals surface area contributed by atoms with Crippen molar-refractivity contribution in [3.05, 3.63) is 94.7 Å². The fraction of sp³-hybridized carbons (Fsp3) is 0.500. The van der Waals surface area contributed by atoms with E-state index in [1.165, 1.54) is 38.3 Å². The number of fused-ring (bicyclic) bond motifs is 3. The van der Waals surface area contributed by atoms with Crippen molar-refractivity contribution in [1.82, 2.24) is 30.3 Å². The molecular weight excluding hydrogens is 1230 g/mol. The average Bonchev–Trinajstić information content (AvgIpc) is 3.64. The van der Waals surface area contributed by atoms with E-state index in [1.54, 1.807) is 0 Å². The molecule has 2 aliphatic rings. The van der Waals surface area contributed by atoms with Gasteiger partial charge < -0.3 is 55.0 Å². The molecule has 0 spiro atoms. The van der Waals surface area contributed by atoms with Gasteiger partial charge in [0.2, 0.25) is 11.4 Å². The molecule has 3 heterocycles. The van der Waals surface area contributed by atoms with Gasteiger partial charge in [-0.3, -0.25) is 10.6 Å². The Morgan fingerprint density at radius 2 is 1.11 bits per heavy atom. The van der Waals surface area contributed by atoms with E-state index in [9.17, 15) is 19.2 Å². The Morgan fingerprint density at radius 1 is 0.653 bits per heavy atom. The number of ether oxygens (including phenoxy) is 3. The standard InChI is InChI=1S/C18H22Cl3N3O2.C12H16Cl3N3O2.C7H10N2.C6H11NO.C5H7BrCl3NO2/c1-12-3-4-15-13(9-12)14-10-23(2)7-5-16(14)24(15)8-6-22-17(25)26-11-18(19,20)21;1-9-2-4-10(5-3-9)18(16)7-6-17-11(19)20-8-12(13,14)15;1-6-2-4-7(9-8)5-3-6;1-7-4-2-6(8)3-5-7;6-1-2-10-4(11)12-3-5(7,8)9/h3-4,9H,5-8,10-11H2,1-2H3,(H,22,25);2-5H,6-8,16H2,1H3,(H,17,19);2-5,9H,8H2,1H3;2-5H2,1H3;1-3H2,(H,10,11). The van der Waals surface area contributed by atoms with Crippen molar-refractivity contribution in [2.24, 2.45) is 11.7 Å². The Balaban J connectivity index is 0.000000346. The summed E-state index contributed by atoms with van der Waals surface area (Å²) in [4.78, 5) is 48.8. The maximum absolute atomic E-state index is 11.7. The van der Waals surface area contributed by atoms with Crippen molar-refractivity contribution in [3.8, 4) is 0 Å². The van der Waals surface area contributed by atoms with Crippen molar-refractivity contribution in [2.75, 3.05) is 95.5 Å². The number of alkyl halides is 10. The summed E-state index contributed by atoms with van der Waals surface area (Å²) in [5.41, 5.74) is 11.9. The molecule has 27 heteroatoms. The van der Waals surface area contributed by atoms with Gasteiger partial charge in [-0.1, -0.05) is 167 Å². The zero-order valence-electron chi connectivity index (χ0n) is 42.2. The lowest BCUT2D eigenvalue weighted by Crippen LogP contribution is -2.39. The Labute approximate surface area is 493 Å². The summed E-state index contributed by atoms with van der Waals surface area (Å²) in [6.45, 7) is 11.5. The molecule has 8 N–H and O–H groups in total. The molecule has 3 aromatic carbocycles. The number of nitrogens with zero attached hydrogens (tertiary/aromatic N) is 4. The van der Waals surface area contributed by atoms with Gasteiger partial charge in [-0.15, -0.1) is 0 Å². The topological polar surface area (TPSA) is 211 Å². The third-order valence-electron chi connectivity index (χ3n) is 10.4. The van der Waals surface area contributed by atoms with Gasteiger partial charge in [0, 0.05) is 99.2 Å². The van der Waals surface area contributed by atoms with Crippen molar-refractivity contribution >= 4 is 167 Å². The number of nitrogens with two attached hydrogens (primary N) is 2. The van der Waals surface area contributed by atoms with Crippen LogP contribution in [0.3, 0.4) is 0 Å². The number of nitrogens with one attached hydrogen (secondary N) is 4. The van der Waals surface area contributed by atoms with Crippen LogP contribution in [0.4, 0.5) is 25.8 Å². The summed E-state index contributed by atoms with van der Waals surface area (Å²) in [5.74, 6) is 11.4. The van der Waals surface area contributed by atoms with Gasteiger partial charge in [0.05, 0.1) is 12.2 Å². The van der Waals surface area contributed by atoms with E-state index >= 15 is 0 Å². The molecule has 75 heavy (non-hydrogen) atoms. The second-order valence-corrected chi connectivity index (χ2v) is 25.4. The number of carbonyl (C=O) groups is 4. The molecule has 3 amide bonds. The summed E-state index contributed by atoms with van der Waals surface area (Å²) in [5, 5.41) is 11.1. The number of piperidine rings is 1. The summed E-state index contributed by atoms with van der Waals surface area (Å²) in [6.07, 6.45) is 0.677. The highest BCUT2D eigenvalue weighted by molar-refractivity contribution is 9.09. The molecule has 1 fully saturated rings. The van der Waals surface area contributed by atoms with Gasteiger partial charge in [-0.25, -0.2) is 20.2 Å². The molecule has 2 aliphatic heterocycles. The minimum atomic E-state index is -1.61. The Hall–Kier alpha value is -2.79. The molecule has 0 atom stereocenters. The Bertz CT molecular complexity index is 2350. The number of amides is 3. The van der Waals surface area contributed by atoms with Crippen LogP contribution in [0.1, 0.15) is 40.8 Å². The number of likely N-dealkylation sites (N-methyl/N-ethyl adjacent to an activating group) is 1. The SMILES string of the molecule is CN1CCC(=O)CC1.Cc1ccc(N(N)CCNC(=O)OCC(Cl)(Cl)Cl)cc1.Cc1ccc(NN)cc1.Cc1ccc2c(c1)c1c(n2CCNC(=O)OCC(Cl)(Cl)Cl)CCN(C)C1.O=C(NCCBr)OCC(Cl)(Cl)Cl. The van der Waals surface area contributed by atoms with Gasteiger partial charge in [-0.2, -0.15) is 0 Å². The number of halogens is 10. The molecule has 17 nitrogen and oxygen atoms in total. The van der Waals surface area contributed by atoms with E-state index in [-0.39, 0.29) is 19.8 Å². The first-order valence-electron chi connectivity index (χ1n) is 23.2. The lowest BCUT2D eigenvalue weighted by molar-refractivity contribution is -0.121. The average molecular weight is 1290 g/mol. The number of ketones is 1. The van der Waals surface area contributed by atoms with Gasteiger partial charge in [-0.05, 0) is 76.8 Å². The molecule has 1 saturated heterocycles. The minimum Gasteiger partial charge on any atom is -0.445 e. The van der Waals surface area contributed by atoms with Crippen molar-refractivity contribution in [2.45, 2.75) is 64.5 Å². The third-order valence-corrected chi connectivity index (χ3v) is 11.8. The number of anilines is 2. The Morgan fingerprint density at radius 3 is 1.57 bits per heavy atom. The van der Waals surface area contributed by atoms with Crippen LogP contribution in [0.5, 0.6) is 0 Å². The lowest BCUT2D eigenvalue weighted by Gasteiger charge is -2.24. The molecule has 0 radical (unpaired) electrons. The molecule has 0 saturated carbocycles. The maximum Gasteiger partial charge on any atom is 0.407 e. The van der Waals surface area contributed by atoms with E-state index in [0.717, 1.165) is 62.4 Å². The van der Waals surface area contributed by atoms with Gasteiger partial charge in [0.25, 0.3) is 0 Å². The number of benzene rings is 3. The largest absolute Gasteiger partial charge is 0.445 e. The van der Waals surface area contributed by atoms with Gasteiger partial charge >= 0.3 is 18.3 Å². The van der Waals surface area contributed by atoms with Crippen LogP contribution in [0.2, 0.25) is 0 Å². The van der Waals surface area contributed by atoms with Crippen LogP contribution in [-0.4, -0.2) is 135 Å². The number of aromatic nitrogens is 1. The van der Waals surface area contributed by atoms with E-state index in [1.807, 2.05) is 69.4 Å². The number of hydrogen-bond donors (Lipinski definition) is 6. The van der Waals surface area contributed by atoms with Crippen LogP contribution >= 0.6 is 120 Å². The smallest absolute Gasteiger partial charge is 0.407 e. The fourth-order valence-electron chi connectivity index (χ4n) is 6.63. The number of alkyl carbamates (subject to hydrolysis) is 3. The van der Waals surface area contributed by atoms with Crippen molar-refractivity contribution in [3.63, 3.8) is 0 Å². The number of hydrogen-bond acceptors (Lipinski definition) is 13. The predicted molar refractivity (Wildman–Crippen MR) is 313 cm³/mol. The highest BCUT2D eigenvalue weighted by Gasteiger charge is 2.25.